The van der Waals surface area contributed by atoms with Crippen LogP contribution in [-0.4, -0.2) is 42.1 Å². The molecule has 1 N–H and O–H groups in total. The number of benzene rings is 1. The molecule has 0 spiro atoms. The Kier molecular flexibility index (Phi) is 6.84. The van der Waals surface area contributed by atoms with Crippen molar-refractivity contribution in [1.29, 1.82) is 0 Å². The molecule has 1 aliphatic rings. The number of halogens is 1. The molecule has 25 heavy (non-hydrogen) atoms. The molecule has 136 valence electrons. The predicted octanol–water partition coefficient (Wildman–Crippen LogP) is 2.27. The van der Waals surface area contributed by atoms with Gasteiger partial charge in [0.1, 0.15) is 18.1 Å². The molecule has 2 heterocycles. The lowest BCUT2D eigenvalue weighted by atomic mass is 10.1. The van der Waals surface area contributed by atoms with Gasteiger partial charge in [0.25, 0.3) is 0 Å². The maximum Gasteiger partial charge on any atom is 0.227 e. The van der Waals surface area contributed by atoms with E-state index in [2.05, 4.69) is 10.5 Å². The van der Waals surface area contributed by atoms with Crippen molar-refractivity contribution in [1.82, 2.24) is 15.4 Å². The first kappa shape index (κ1) is 19.3. The van der Waals surface area contributed by atoms with Crippen molar-refractivity contribution in [2.45, 2.75) is 26.9 Å². The van der Waals surface area contributed by atoms with E-state index in [-0.39, 0.29) is 18.3 Å². The van der Waals surface area contributed by atoms with Gasteiger partial charge in [0.15, 0.2) is 0 Å². The number of hydrogen-bond acceptors (Lipinski definition) is 5. The number of hydrogen-bond donors (Lipinski definition) is 1. The second-order valence-electron chi connectivity index (χ2n) is 6.04. The maximum absolute atomic E-state index is 12.3. The molecule has 3 rings (SSSR count). The molecule has 1 saturated heterocycles. The van der Waals surface area contributed by atoms with Crippen molar-refractivity contribution in [3.8, 4) is 5.75 Å². The van der Waals surface area contributed by atoms with Crippen molar-refractivity contribution in [2.24, 2.45) is 0 Å². The summed E-state index contributed by atoms with van der Waals surface area (Å²) in [5.74, 6) is 1.74. The second-order valence-corrected chi connectivity index (χ2v) is 6.04. The third-order valence-electron chi connectivity index (χ3n) is 4.31. The topological polar surface area (TPSA) is 67.6 Å². The Labute approximate surface area is 153 Å². The standard InChI is InChI=1S/C18H23N3O3.ClH/c1-13-17(14(2)24-20-13)12-23-16-5-3-15(4-6-16)11-18(22)21-9-7-19-8-10-21;/h3-6,19H,7-12H2,1-2H3;1H. The summed E-state index contributed by atoms with van der Waals surface area (Å²) >= 11 is 0. The van der Waals surface area contributed by atoms with E-state index in [4.69, 9.17) is 9.26 Å². The average Bonchev–Trinajstić information content (AvgIpc) is 2.93. The Morgan fingerprint density at radius 3 is 2.52 bits per heavy atom. The first-order chi connectivity index (χ1) is 11.6. The number of nitrogens with one attached hydrogen (secondary N) is 1. The van der Waals surface area contributed by atoms with Crippen molar-refractivity contribution in [3.63, 3.8) is 0 Å². The molecular formula is C18H24ClN3O3. The zero-order valence-corrected chi connectivity index (χ0v) is 15.4. The van der Waals surface area contributed by atoms with Crippen molar-refractivity contribution in [2.75, 3.05) is 26.2 Å². The number of carbonyl (C=O) groups excluding carboxylic acids is 1. The highest BCUT2D eigenvalue weighted by molar-refractivity contribution is 5.85. The Balaban J connectivity index is 0.00000225. The molecule has 0 atom stereocenters. The number of piperazine rings is 1. The minimum Gasteiger partial charge on any atom is -0.489 e. The molecule has 0 radical (unpaired) electrons. The predicted molar refractivity (Wildman–Crippen MR) is 97.2 cm³/mol. The zero-order chi connectivity index (χ0) is 16.9. The molecule has 0 unspecified atom stereocenters. The van der Waals surface area contributed by atoms with Crippen LogP contribution in [0, 0.1) is 13.8 Å². The minimum absolute atomic E-state index is 0. The van der Waals surface area contributed by atoms with Crippen LogP contribution in [0.4, 0.5) is 0 Å². The largest absolute Gasteiger partial charge is 0.489 e. The lowest BCUT2D eigenvalue weighted by Crippen LogP contribution is -2.46. The van der Waals surface area contributed by atoms with E-state index in [1.165, 1.54) is 0 Å². The number of nitrogens with zero attached hydrogens (tertiary/aromatic N) is 2. The summed E-state index contributed by atoms with van der Waals surface area (Å²) in [4.78, 5) is 14.2. The molecule has 1 amide bonds. The zero-order valence-electron chi connectivity index (χ0n) is 14.6. The first-order valence-corrected chi connectivity index (χ1v) is 8.25. The van der Waals surface area contributed by atoms with Gasteiger partial charge in [-0.05, 0) is 31.5 Å². The van der Waals surface area contributed by atoms with Gasteiger partial charge in [0.2, 0.25) is 5.91 Å². The van der Waals surface area contributed by atoms with Gasteiger partial charge in [-0.1, -0.05) is 17.3 Å². The number of amides is 1. The van der Waals surface area contributed by atoms with E-state index >= 15 is 0 Å². The van der Waals surface area contributed by atoms with Crippen LogP contribution in [0.1, 0.15) is 22.6 Å². The number of ether oxygens (including phenoxy) is 1. The average molecular weight is 366 g/mol. The number of aromatic nitrogens is 1. The molecule has 1 aromatic carbocycles. The summed E-state index contributed by atoms with van der Waals surface area (Å²) in [6.45, 7) is 7.54. The summed E-state index contributed by atoms with van der Waals surface area (Å²) in [5, 5.41) is 7.17. The monoisotopic (exact) mass is 365 g/mol. The van der Waals surface area contributed by atoms with E-state index in [0.717, 1.165) is 54.5 Å². The number of carbonyl (C=O) groups is 1. The normalized spacial score (nSPS) is 14.1. The fraction of sp³-hybridized carbons (Fsp3) is 0.444. The number of aryl methyl sites for hydroxylation is 2. The van der Waals surface area contributed by atoms with Gasteiger partial charge >= 0.3 is 0 Å². The molecule has 7 heteroatoms. The summed E-state index contributed by atoms with van der Waals surface area (Å²) < 4.78 is 10.9. The summed E-state index contributed by atoms with van der Waals surface area (Å²) in [7, 11) is 0. The van der Waals surface area contributed by atoms with Crippen molar-refractivity contribution in [3.05, 3.63) is 46.8 Å². The maximum atomic E-state index is 12.3. The molecule has 1 fully saturated rings. The van der Waals surface area contributed by atoms with Crippen LogP contribution in [0.3, 0.4) is 0 Å². The van der Waals surface area contributed by atoms with Gasteiger partial charge in [-0.2, -0.15) is 0 Å². The van der Waals surface area contributed by atoms with Crippen molar-refractivity contribution < 1.29 is 14.1 Å². The van der Waals surface area contributed by atoms with Crippen molar-refractivity contribution >= 4 is 18.3 Å². The van der Waals surface area contributed by atoms with Crippen LogP contribution in [0.2, 0.25) is 0 Å². The van der Waals surface area contributed by atoms with E-state index in [9.17, 15) is 4.79 Å². The quantitative estimate of drug-likeness (QED) is 0.880. The van der Waals surface area contributed by atoms with Gasteiger partial charge in [-0.15, -0.1) is 12.4 Å². The molecular weight excluding hydrogens is 342 g/mol. The molecule has 6 nitrogen and oxygen atoms in total. The third-order valence-corrected chi connectivity index (χ3v) is 4.31. The van der Waals surface area contributed by atoms with Crippen LogP contribution >= 0.6 is 12.4 Å². The summed E-state index contributed by atoms with van der Waals surface area (Å²) in [5.41, 5.74) is 2.84. The molecule has 1 aliphatic heterocycles. The molecule has 0 bridgehead atoms. The Bertz CT molecular complexity index is 675. The SMILES string of the molecule is Cc1noc(C)c1COc1ccc(CC(=O)N2CCNCC2)cc1.Cl. The Morgan fingerprint density at radius 1 is 1.24 bits per heavy atom. The smallest absolute Gasteiger partial charge is 0.227 e. The highest BCUT2D eigenvalue weighted by atomic mass is 35.5. The highest BCUT2D eigenvalue weighted by Gasteiger charge is 2.16. The summed E-state index contributed by atoms with van der Waals surface area (Å²) in [6, 6.07) is 7.70. The van der Waals surface area contributed by atoms with Crippen LogP contribution in [0.5, 0.6) is 5.75 Å². The van der Waals surface area contributed by atoms with Gasteiger partial charge < -0.3 is 19.5 Å². The van der Waals surface area contributed by atoms with Gasteiger partial charge in [0, 0.05) is 26.2 Å². The van der Waals surface area contributed by atoms with Crippen LogP contribution in [0.15, 0.2) is 28.8 Å². The second kappa shape index (κ2) is 8.87. The van der Waals surface area contributed by atoms with Crippen LogP contribution in [0.25, 0.3) is 0 Å². The fourth-order valence-electron chi connectivity index (χ4n) is 2.77. The van der Waals surface area contributed by atoms with E-state index < -0.39 is 0 Å². The molecule has 0 aliphatic carbocycles. The van der Waals surface area contributed by atoms with Crippen LogP contribution in [-0.2, 0) is 17.8 Å². The Hall–Kier alpha value is -2.05. The molecule has 0 saturated carbocycles. The highest BCUT2D eigenvalue weighted by Crippen LogP contribution is 2.18. The van der Waals surface area contributed by atoms with Gasteiger partial charge in [-0.3, -0.25) is 4.79 Å². The third kappa shape index (κ3) is 4.96. The van der Waals surface area contributed by atoms with Crippen LogP contribution < -0.4 is 10.1 Å². The fourth-order valence-corrected chi connectivity index (χ4v) is 2.77. The first-order valence-electron chi connectivity index (χ1n) is 8.25. The lowest BCUT2D eigenvalue weighted by Gasteiger charge is -2.27. The molecule has 1 aromatic heterocycles. The summed E-state index contributed by atoms with van der Waals surface area (Å²) in [6.07, 6.45) is 0.435. The lowest BCUT2D eigenvalue weighted by molar-refractivity contribution is -0.131. The van der Waals surface area contributed by atoms with Gasteiger partial charge in [-0.25, -0.2) is 0 Å². The molecule has 2 aromatic rings. The number of rotatable bonds is 5. The van der Waals surface area contributed by atoms with E-state index in [1.54, 1.807) is 0 Å². The van der Waals surface area contributed by atoms with E-state index in [1.807, 2.05) is 43.0 Å². The minimum atomic E-state index is 0. The Morgan fingerprint density at radius 2 is 1.92 bits per heavy atom. The van der Waals surface area contributed by atoms with E-state index in [0.29, 0.717) is 13.0 Å². The van der Waals surface area contributed by atoms with Gasteiger partial charge in [0.05, 0.1) is 17.7 Å².